The van der Waals surface area contributed by atoms with Crippen molar-refractivity contribution in [1.29, 1.82) is 0 Å². The van der Waals surface area contributed by atoms with Crippen molar-refractivity contribution in [2.24, 2.45) is 5.92 Å². The molecule has 1 unspecified atom stereocenters. The van der Waals surface area contributed by atoms with E-state index in [4.69, 9.17) is 0 Å². The summed E-state index contributed by atoms with van der Waals surface area (Å²) >= 11 is 0. The molecule has 2 heterocycles. The molecule has 0 amide bonds. The summed E-state index contributed by atoms with van der Waals surface area (Å²) in [6.07, 6.45) is 0. The lowest BCUT2D eigenvalue weighted by Crippen LogP contribution is -2.59. The Morgan fingerprint density at radius 3 is 1.94 bits per heavy atom. The maximum absolute atomic E-state index is 2.68. The van der Waals surface area contributed by atoms with Crippen molar-refractivity contribution >= 4 is 0 Å². The van der Waals surface area contributed by atoms with Crippen LogP contribution in [-0.4, -0.2) is 73.1 Å². The molecule has 16 heavy (non-hydrogen) atoms. The number of hydrogen-bond donors (Lipinski definition) is 0. The lowest BCUT2D eigenvalue weighted by atomic mass is 9.90. The fraction of sp³-hybridized carbons (Fsp3) is 1.00. The molecule has 0 N–H and O–H groups in total. The average Bonchev–Trinajstić information content (AvgIpc) is 2.15. The van der Waals surface area contributed by atoms with E-state index in [1.807, 2.05) is 0 Å². The molecule has 0 saturated carbocycles. The normalized spacial score (nSPS) is 28.3. The zero-order chi connectivity index (χ0) is 11.7. The first-order chi connectivity index (χ1) is 7.58. The van der Waals surface area contributed by atoms with Crippen molar-refractivity contribution in [1.82, 2.24) is 14.7 Å². The van der Waals surface area contributed by atoms with E-state index >= 15 is 0 Å². The fourth-order valence-corrected chi connectivity index (χ4v) is 2.80. The SMILES string of the molecule is CC(C)N1CC(C(C)N2CCN(C)CC2)C1. The van der Waals surface area contributed by atoms with Crippen LogP contribution in [0.2, 0.25) is 0 Å². The molecule has 2 fully saturated rings. The zero-order valence-electron chi connectivity index (χ0n) is 11.3. The van der Waals surface area contributed by atoms with Crippen LogP contribution in [0, 0.1) is 5.92 Å². The third-order valence-electron chi connectivity index (χ3n) is 4.46. The van der Waals surface area contributed by atoms with Crippen LogP contribution in [0.4, 0.5) is 0 Å². The van der Waals surface area contributed by atoms with E-state index in [2.05, 4.69) is 42.5 Å². The molecule has 0 aromatic rings. The van der Waals surface area contributed by atoms with E-state index in [9.17, 15) is 0 Å². The van der Waals surface area contributed by atoms with Gasteiger partial charge in [0.25, 0.3) is 0 Å². The van der Waals surface area contributed by atoms with Crippen molar-refractivity contribution in [3.8, 4) is 0 Å². The van der Waals surface area contributed by atoms with Gasteiger partial charge >= 0.3 is 0 Å². The molecule has 0 aliphatic carbocycles. The Labute approximate surface area is 100 Å². The molecule has 3 nitrogen and oxygen atoms in total. The van der Waals surface area contributed by atoms with Gasteiger partial charge in [0.2, 0.25) is 0 Å². The molecule has 94 valence electrons. The molecule has 2 rings (SSSR count). The standard InChI is InChI=1S/C13H27N3/c1-11(2)16-9-13(10-16)12(3)15-7-5-14(4)6-8-15/h11-13H,5-10H2,1-4H3. The van der Waals surface area contributed by atoms with Crippen LogP contribution >= 0.6 is 0 Å². The summed E-state index contributed by atoms with van der Waals surface area (Å²) in [4.78, 5) is 7.70. The van der Waals surface area contributed by atoms with E-state index in [1.165, 1.54) is 39.3 Å². The van der Waals surface area contributed by atoms with E-state index in [-0.39, 0.29) is 0 Å². The molecule has 0 aromatic heterocycles. The van der Waals surface area contributed by atoms with Gasteiger partial charge in [-0.3, -0.25) is 4.90 Å². The second kappa shape index (κ2) is 5.03. The summed E-state index contributed by atoms with van der Waals surface area (Å²) in [6, 6.07) is 1.51. The topological polar surface area (TPSA) is 9.72 Å². The highest BCUT2D eigenvalue weighted by Crippen LogP contribution is 2.25. The number of hydrogen-bond acceptors (Lipinski definition) is 3. The van der Waals surface area contributed by atoms with Gasteiger partial charge in [-0.2, -0.15) is 0 Å². The van der Waals surface area contributed by atoms with Crippen LogP contribution in [0.3, 0.4) is 0 Å². The Morgan fingerprint density at radius 2 is 1.44 bits per heavy atom. The summed E-state index contributed by atoms with van der Waals surface area (Å²) in [5.74, 6) is 0.908. The van der Waals surface area contributed by atoms with Crippen LogP contribution in [0.1, 0.15) is 20.8 Å². The molecule has 0 spiro atoms. The van der Waals surface area contributed by atoms with E-state index in [0.29, 0.717) is 0 Å². The van der Waals surface area contributed by atoms with Gasteiger partial charge in [-0.25, -0.2) is 0 Å². The Morgan fingerprint density at radius 1 is 0.875 bits per heavy atom. The Kier molecular flexibility index (Phi) is 3.88. The third kappa shape index (κ3) is 2.58. The van der Waals surface area contributed by atoms with Gasteiger partial charge in [0.15, 0.2) is 0 Å². The quantitative estimate of drug-likeness (QED) is 0.708. The lowest BCUT2D eigenvalue weighted by molar-refractivity contribution is -0.00415. The first-order valence-corrected chi connectivity index (χ1v) is 6.74. The molecule has 1 atom stereocenters. The second-order valence-electron chi connectivity index (χ2n) is 5.89. The maximum Gasteiger partial charge on any atom is 0.0121 e. The van der Waals surface area contributed by atoms with Crippen molar-refractivity contribution in [3.63, 3.8) is 0 Å². The van der Waals surface area contributed by atoms with E-state index in [1.54, 1.807) is 0 Å². The summed E-state index contributed by atoms with van der Waals surface area (Å²) in [7, 11) is 2.23. The minimum absolute atomic E-state index is 0.732. The van der Waals surface area contributed by atoms with Crippen molar-refractivity contribution in [2.45, 2.75) is 32.9 Å². The van der Waals surface area contributed by atoms with E-state index in [0.717, 1.165) is 18.0 Å². The Hall–Kier alpha value is -0.120. The monoisotopic (exact) mass is 225 g/mol. The van der Waals surface area contributed by atoms with Crippen molar-refractivity contribution in [2.75, 3.05) is 46.3 Å². The molecular weight excluding hydrogens is 198 g/mol. The third-order valence-corrected chi connectivity index (χ3v) is 4.46. The van der Waals surface area contributed by atoms with E-state index < -0.39 is 0 Å². The largest absolute Gasteiger partial charge is 0.304 e. The molecular formula is C13H27N3. The highest BCUT2D eigenvalue weighted by atomic mass is 15.3. The van der Waals surface area contributed by atoms with Gasteiger partial charge in [0, 0.05) is 51.4 Å². The first-order valence-electron chi connectivity index (χ1n) is 6.74. The predicted molar refractivity (Wildman–Crippen MR) is 68.7 cm³/mol. The summed E-state index contributed by atoms with van der Waals surface area (Å²) < 4.78 is 0. The van der Waals surface area contributed by atoms with Gasteiger partial charge in [-0.15, -0.1) is 0 Å². The minimum atomic E-state index is 0.732. The number of nitrogens with zero attached hydrogens (tertiary/aromatic N) is 3. The van der Waals surface area contributed by atoms with Gasteiger partial charge in [0.05, 0.1) is 0 Å². The second-order valence-corrected chi connectivity index (χ2v) is 5.89. The van der Waals surface area contributed by atoms with Gasteiger partial charge in [-0.1, -0.05) is 0 Å². The minimum Gasteiger partial charge on any atom is -0.304 e. The summed E-state index contributed by atoms with van der Waals surface area (Å²) in [5.41, 5.74) is 0. The van der Waals surface area contributed by atoms with Crippen LogP contribution in [0.5, 0.6) is 0 Å². The summed E-state index contributed by atoms with van der Waals surface area (Å²) in [5, 5.41) is 0. The molecule has 0 aromatic carbocycles. The Balaban J connectivity index is 1.75. The van der Waals surface area contributed by atoms with Crippen LogP contribution in [0.25, 0.3) is 0 Å². The van der Waals surface area contributed by atoms with Crippen LogP contribution in [-0.2, 0) is 0 Å². The Bertz CT molecular complexity index is 215. The van der Waals surface area contributed by atoms with Crippen LogP contribution in [0.15, 0.2) is 0 Å². The number of likely N-dealkylation sites (N-methyl/N-ethyl adjacent to an activating group) is 1. The molecule has 2 aliphatic rings. The number of rotatable bonds is 3. The van der Waals surface area contributed by atoms with Crippen LogP contribution < -0.4 is 0 Å². The van der Waals surface area contributed by atoms with Crippen molar-refractivity contribution in [3.05, 3.63) is 0 Å². The molecule has 2 aliphatic heterocycles. The smallest absolute Gasteiger partial charge is 0.0121 e. The first kappa shape index (κ1) is 12.3. The summed E-state index contributed by atoms with van der Waals surface area (Å²) in [6.45, 7) is 14.7. The van der Waals surface area contributed by atoms with Gasteiger partial charge in [-0.05, 0) is 33.7 Å². The van der Waals surface area contributed by atoms with Gasteiger partial charge < -0.3 is 9.80 Å². The maximum atomic E-state index is 2.68. The molecule has 2 saturated heterocycles. The highest BCUT2D eigenvalue weighted by molar-refractivity contribution is 4.90. The highest BCUT2D eigenvalue weighted by Gasteiger charge is 2.35. The average molecular weight is 225 g/mol. The lowest BCUT2D eigenvalue weighted by Gasteiger charge is -2.49. The van der Waals surface area contributed by atoms with Crippen molar-refractivity contribution < 1.29 is 0 Å². The predicted octanol–water partition coefficient (Wildman–Crippen LogP) is 0.963. The molecule has 0 bridgehead atoms. The number of likely N-dealkylation sites (tertiary alicyclic amines) is 1. The number of piperazine rings is 1. The fourth-order valence-electron chi connectivity index (χ4n) is 2.80. The van der Waals surface area contributed by atoms with Gasteiger partial charge in [0.1, 0.15) is 0 Å². The zero-order valence-corrected chi connectivity index (χ0v) is 11.3. The molecule has 3 heteroatoms. The molecule has 0 radical (unpaired) electrons.